The summed E-state index contributed by atoms with van der Waals surface area (Å²) in [5.41, 5.74) is 2.28. The maximum atomic E-state index is 10.9. The maximum absolute atomic E-state index is 10.9. The lowest BCUT2D eigenvalue weighted by molar-refractivity contribution is 0.0697. The number of thioether (sulfide) groups is 1. The fourth-order valence-corrected chi connectivity index (χ4v) is 2.02. The molecule has 0 aromatic heterocycles. The van der Waals surface area contributed by atoms with Crippen molar-refractivity contribution in [3.63, 3.8) is 0 Å². The number of carboxylic acid groups (broad SMARTS) is 1. The van der Waals surface area contributed by atoms with Gasteiger partial charge in [-0.2, -0.15) is 0 Å². The minimum absolute atomic E-state index is 0.316. The van der Waals surface area contributed by atoms with Crippen LogP contribution in [0.3, 0.4) is 0 Å². The van der Waals surface area contributed by atoms with Crippen LogP contribution in [0.4, 0.5) is 0 Å². The molecule has 0 saturated carbocycles. The third-order valence-electron chi connectivity index (χ3n) is 2.53. The second-order valence-corrected chi connectivity index (χ2v) is 4.49. The van der Waals surface area contributed by atoms with E-state index in [0.717, 1.165) is 11.1 Å². The molecule has 0 atom stereocenters. The van der Waals surface area contributed by atoms with Gasteiger partial charge in [0.25, 0.3) is 0 Å². The molecule has 2 nitrogen and oxygen atoms in total. The largest absolute Gasteiger partial charge is 0.478 e. The van der Waals surface area contributed by atoms with Crippen LogP contribution in [0.1, 0.15) is 10.4 Å². The average molecular weight is 244 g/mol. The molecule has 0 spiro atoms. The van der Waals surface area contributed by atoms with E-state index in [4.69, 9.17) is 5.11 Å². The fourth-order valence-electron chi connectivity index (χ4n) is 1.62. The highest BCUT2D eigenvalue weighted by atomic mass is 32.2. The predicted octanol–water partition coefficient (Wildman–Crippen LogP) is 3.77. The lowest BCUT2D eigenvalue weighted by atomic mass is 10.0. The van der Waals surface area contributed by atoms with Gasteiger partial charge in [-0.3, -0.25) is 0 Å². The molecule has 0 unspecified atom stereocenters. The van der Waals surface area contributed by atoms with Crippen LogP contribution in [-0.2, 0) is 0 Å². The number of benzene rings is 2. The van der Waals surface area contributed by atoms with E-state index in [1.165, 1.54) is 4.90 Å². The molecule has 0 aliphatic rings. The summed E-state index contributed by atoms with van der Waals surface area (Å²) >= 11 is 1.69. The average Bonchev–Trinajstić information content (AvgIpc) is 2.39. The zero-order chi connectivity index (χ0) is 12.3. The highest BCUT2D eigenvalue weighted by molar-refractivity contribution is 7.98. The highest BCUT2D eigenvalue weighted by Gasteiger charge is 2.04. The van der Waals surface area contributed by atoms with Gasteiger partial charge >= 0.3 is 5.97 Å². The number of rotatable bonds is 3. The van der Waals surface area contributed by atoms with Gasteiger partial charge in [0, 0.05) is 4.90 Å². The van der Waals surface area contributed by atoms with Crippen molar-refractivity contribution >= 4 is 17.7 Å². The van der Waals surface area contributed by atoms with Gasteiger partial charge in [-0.25, -0.2) is 4.79 Å². The van der Waals surface area contributed by atoms with Crippen molar-refractivity contribution in [1.29, 1.82) is 0 Å². The van der Waals surface area contributed by atoms with Gasteiger partial charge in [-0.15, -0.1) is 11.8 Å². The molecule has 2 aromatic carbocycles. The van der Waals surface area contributed by atoms with Gasteiger partial charge in [-0.05, 0) is 41.6 Å². The molecule has 0 radical (unpaired) electrons. The van der Waals surface area contributed by atoms with Crippen LogP contribution >= 0.6 is 11.8 Å². The zero-order valence-electron chi connectivity index (χ0n) is 9.38. The van der Waals surface area contributed by atoms with Gasteiger partial charge in [0.15, 0.2) is 0 Å². The molecular formula is C14H12O2S. The highest BCUT2D eigenvalue weighted by Crippen LogP contribution is 2.23. The first-order valence-electron chi connectivity index (χ1n) is 5.18. The van der Waals surface area contributed by atoms with Crippen LogP contribution in [0.15, 0.2) is 53.4 Å². The molecule has 0 aliphatic heterocycles. The Morgan fingerprint density at radius 1 is 1.06 bits per heavy atom. The standard InChI is InChI=1S/C14H12O2S/c1-17-13-7-5-10(6-8-13)11-3-2-4-12(9-11)14(15)16/h2-9H,1H3,(H,15,16). The number of carboxylic acids is 1. The molecule has 0 bridgehead atoms. The molecule has 0 saturated heterocycles. The first-order chi connectivity index (χ1) is 8.20. The van der Waals surface area contributed by atoms with Crippen LogP contribution in [0.5, 0.6) is 0 Å². The molecule has 2 aromatic rings. The quantitative estimate of drug-likeness (QED) is 0.835. The Bertz CT molecular complexity index is 532. The van der Waals surface area contributed by atoms with Gasteiger partial charge in [-0.1, -0.05) is 24.3 Å². The monoisotopic (exact) mass is 244 g/mol. The zero-order valence-corrected chi connectivity index (χ0v) is 10.2. The lowest BCUT2D eigenvalue weighted by Gasteiger charge is -2.04. The summed E-state index contributed by atoms with van der Waals surface area (Å²) in [6, 6.07) is 15.1. The molecule has 0 heterocycles. The topological polar surface area (TPSA) is 37.3 Å². The molecule has 3 heteroatoms. The third-order valence-corrected chi connectivity index (χ3v) is 3.28. The Balaban J connectivity index is 2.38. The molecule has 0 fully saturated rings. The number of carbonyl (C=O) groups is 1. The molecule has 0 amide bonds. The number of aromatic carboxylic acids is 1. The summed E-state index contributed by atoms with van der Waals surface area (Å²) in [4.78, 5) is 12.1. The SMILES string of the molecule is CSc1ccc(-c2cccc(C(=O)O)c2)cc1. The molecule has 86 valence electrons. The van der Waals surface area contributed by atoms with E-state index < -0.39 is 5.97 Å². The number of hydrogen-bond acceptors (Lipinski definition) is 2. The van der Waals surface area contributed by atoms with Crippen LogP contribution in [-0.4, -0.2) is 17.3 Å². The minimum Gasteiger partial charge on any atom is -0.478 e. The van der Waals surface area contributed by atoms with Crippen molar-refractivity contribution in [2.45, 2.75) is 4.90 Å². The van der Waals surface area contributed by atoms with Gasteiger partial charge in [0.2, 0.25) is 0 Å². The Labute approximate surface area is 104 Å². The molecular weight excluding hydrogens is 232 g/mol. The number of hydrogen-bond donors (Lipinski definition) is 1. The fraction of sp³-hybridized carbons (Fsp3) is 0.0714. The van der Waals surface area contributed by atoms with Crippen LogP contribution in [0.25, 0.3) is 11.1 Å². The van der Waals surface area contributed by atoms with Crippen molar-refractivity contribution < 1.29 is 9.90 Å². The Hall–Kier alpha value is -1.74. The van der Waals surface area contributed by atoms with Crippen molar-refractivity contribution in [3.05, 3.63) is 54.1 Å². The van der Waals surface area contributed by atoms with E-state index in [1.54, 1.807) is 30.0 Å². The van der Waals surface area contributed by atoms with Gasteiger partial charge < -0.3 is 5.11 Å². The minimum atomic E-state index is -0.896. The van der Waals surface area contributed by atoms with Crippen molar-refractivity contribution in [2.75, 3.05) is 6.26 Å². The second kappa shape index (κ2) is 5.06. The van der Waals surface area contributed by atoms with Crippen molar-refractivity contribution in [3.8, 4) is 11.1 Å². The van der Waals surface area contributed by atoms with Crippen molar-refractivity contribution in [2.24, 2.45) is 0 Å². The molecule has 17 heavy (non-hydrogen) atoms. The summed E-state index contributed by atoms with van der Waals surface area (Å²) in [5, 5.41) is 8.94. The van der Waals surface area contributed by atoms with E-state index in [0.29, 0.717) is 5.56 Å². The molecule has 1 N–H and O–H groups in total. The van der Waals surface area contributed by atoms with Crippen LogP contribution in [0.2, 0.25) is 0 Å². The van der Waals surface area contributed by atoms with Crippen LogP contribution in [0, 0.1) is 0 Å². The first-order valence-corrected chi connectivity index (χ1v) is 6.41. The summed E-state index contributed by atoms with van der Waals surface area (Å²) < 4.78 is 0. The summed E-state index contributed by atoms with van der Waals surface area (Å²) in [6.45, 7) is 0. The van der Waals surface area contributed by atoms with Gasteiger partial charge in [0.05, 0.1) is 5.56 Å². The normalized spacial score (nSPS) is 10.2. The Morgan fingerprint density at radius 2 is 1.76 bits per heavy atom. The second-order valence-electron chi connectivity index (χ2n) is 3.61. The maximum Gasteiger partial charge on any atom is 0.335 e. The Kier molecular flexibility index (Phi) is 3.49. The summed E-state index contributed by atoms with van der Waals surface area (Å²) in [5.74, 6) is -0.896. The predicted molar refractivity (Wildman–Crippen MR) is 70.6 cm³/mol. The van der Waals surface area contributed by atoms with E-state index in [2.05, 4.69) is 0 Å². The van der Waals surface area contributed by atoms with E-state index >= 15 is 0 Å². The van der Waals surface area contributed by atoms with Gasteiger partial charge in [0.1, 0.15) is 0 Å². The smallest absolute Gasteiger partial charge is 0.335 e. The Morgan fingerprint density at radius 3 is 2.35 bits per heavy atom. The van der Waals surface area contributed by atoms with E-state index in [9.17, 15) is 4.79 Å². The van der Waals surface area contributed by atoms with Crippen molar-refractivity contribution in [1.82, 2.24) is 0 Å². The first kappa shape index (κ1) is 11.7. The van der Waals surface area contributed by atoms with E-state index in [-0.39, 0.29) is 0 Å². The summed E-state index contributed by atoms with van der Waals surface area (Å²) in [6.07, 6.45) is 2.03. The summed E-state index contributed by atoms with van der Waals surface area (Å²) in [7, 11) is 0. The lowest BCUT2D eigenvalue weighted by Crippen LogP contribution is -1.95. The third kappa shape index (κ3) is 2.68. The molecule has 0 aliphatic carbocycles. The van der Waals surface area contributed by atoms with E-state index in [1.807, 2.05) is 36.6 Å². The van der Waals surface area contributed by atoms with Crippen LogP contribution < -0.4 is 0 Å². The molecule has 2 rings (SSSR count).